The van der Waals surface area contributed by atoms with Crippen LogP contribution in [0.5, 0.6) is 5.75 Å². The van der Waals surface area contributed by atoms with Crippen LogP contribution in [0.4, 0.5) is 5.69 Å². The van der Waals surface area contributed by atoms with E-state index in [1.54, 1.807) is 18.2 Å². The summed E-state index contributed by atoms with van der Waals surface area (Å²) in [4.78, 5) is 12.6. The molecule has 0 fully saturated rings. The van der Waals surface area contributed by atoms with Crippen molar-refractivity contribution in [2.45, 2.75) is 33.8 Å². The minimum atomic E-state index is -0.459. The van der Waals surface area contributed by atoms with Crippen molar-refractivity contribution in [1.29, 1.82) is 5.26 Å². The third-order valence-corrected chi connectivity index (χ3v) is 5.25. The maximum Gasteiger partial charge on any atom is 0.266 e. The van der Waals surface area contributed by atoms with Crippen molar-refractivity contribution in [2.75, 3.05) is 5.32 Å². The van der Waals surface area contributed by atoms with E-state index in [4.69, 9.17) is 16.3 Å². The van der Waals surface area contributed by atoms with Gasteiger partial charge in [0.15, 0.2) is 0 Å². The number of aryl methyl sites for hydroxylation is 3. The van der Waals surface area contributed by atoms with Crippen LogP contribution in [0, 0.1) is 25.2 Å². The first-order chi connectivity index (χ1) is 15.4. The Labute approximate surface area is 194 Å². The Morgan fingerprint density at radius 3 is 2.47 bits per heavy atom. The number of carbonyl (C=O) groups is 1. The summed E-state index contributed by atoms with van der Waals surface area (Å²) in [6.45, 7) is 6.51. The van der Waals surface area contributed by atoms with Crippen LogP contribution in [-0.2, 0) is 17.8 Å². The highest BCUT2D eigenvalue weighted by Gasteiger charge is 2.12. The third kappa shape index (κ3) is 6.00. The summed E-state index contributed by atoms with van der Waals surface area (Å²) in [5.41, 5.74) is 5.78. The van der Waals surface area contributed by atoms with E-state index in [1.165, 1.54) is 17.2 Å². The maximum absolute atomic E-state index is 12.6. The summed E-state index contributed by atoms with van der Waals surface area (Å²) in [7, 11) is 0. The molecule has 162 valence electrons. The molecule has 32 heavy (non-hydrogen) atoms. The first-order valence-electron chi connectivity index (χ1n) is 10.4. The van der Waals surface area contributed by atoms with Gasteiger partial charge in [-0.1, -0.05) is 72.1 Å². The second kappa shape index (κ2) is 10.7. The summed E-state index contributed by atoms with van der Waals surface area (Å²) in [6.07, 6.45) is 2.30. The van der Waals surface area contributed by atoms with Crippen LogP contribution < -0.4 is 10.1 Å². The monoisotopic (exact) mass is 444 g/mol. The topological polar surface area (TPSA) is 62.1 Å². The second-order valence-electron chi connectivity index (χ2n) is 7.61. The van der Waals surface area contributed by atoms with Gasteiger partial charge < -0.3 is 10.1 Å². The van der Waals surface area contributed by atoms with Crippen molar-refractivity contribution in [2.24, 2.45) is 0 Å². The van der Waals surface area contributed by atoms with Crippen molar-refractivity contribution in [3.05, 3.63) is 99.1 Å². The molecule has 0 saturated heterocycles. The first kappa shape index (κ1) is 23.1. The van der Waals surface area contributed by atoms with E-state index >= 15 is 0 Å². The minimum absolute atomic E-state index is 0.00382. The molecule has 4 nitrogen and oxygen atoms in total. The minimum Gasteiger partial charge on any atom is -0.487 e. The molecule has 0 heterocycles. The van der Waals surface area contributed by atoms with Crippen molar-refractivity contribution < 1.29 is 9.53 Å². The van der Waals surface area contributed by atoms with E-state index in [1.807, 2.05) is 51.1 Å². The molecule has 0 saturated carbocycles. The number of halogens is 1. The molecule has 5 heteroatoms. The fourth-order valence-corrected chi connectivity index (χ4v) is 3.74. The van der Waals surface area contributed by atoms with Gasteiger partial charge in [0.05, 0.1) is 5.02 Å². The molecule has 3 aromatic carbocycles. The molecule has 0 aliphatic heterocycles. The zero-order valence-corrected chi connectivity index (χ0v) is 19.2. The van der Waals surface area contributed by atoms with Gasteiger partial charge in [-0.05, 0) is 61.2 Å². The van der Waals surface area contributed by atoms with Gasteiger partial charge in [-0.15, -0.1) is 0 Å². The number of rotatable bonds is 7. The fourth-order valence-electron chi connectivity index (χ4n) is 3.49. The second-order valence-corrected chi connectivity index (χ2v) is 8.02. The molecule has 0 bridgehead atoms. The molecule has 0 aliphatic carbocycles. The number of para-hydroxylation sites is 1. The number of hydrogen-bond donors (Lipinski definition) is 1. The SMILES string of the molecule is CCc1ccccc1NC(=O)/C(C#N)=C/c1ccc(OCc2cc(C)cc(C)c2)c(Cl)c1. The standard InChI is InChI=1S/C27H25ClN2O2/c1-4-22-7-5-6-8-25(22)30-27(31)23(16-29)14-20-9-10-26(24(28)15-20)32-17-21-12-18(2)11-19(3)13-21/h5-15H,4,17H2,1-3H3,(H,30,31)/b23-14+. The number of anilines is 1. The van der Waals surface area contributed by atoms with Crippen molar-refractivity contribution in [3.63, 3.8) is 0 Å². The van der Waals surface area contributed by atoms with Crippen molar-refractivity contribution in [1.82, 2.24) is 0 Å². The molecule has 0 atom stereocenters. The Hall–Kier alpha value is -3.55. The van der Waals surface area contributed by atoms with E-state index in [0.717, 1.165) is 17.5 Å². The number of nitrogens with zero attached hydrogens (tertiary/aromatic N) is 1. The number of benzene rings is 3. The number of hydrogen-bond acceptors (Lipinski definition) is 3. The van der Waals surface area contributed by atoms with Crippen LogP contribution in [-0.4, -0.2) is 5.91 Å². The number of amides is 1. The van der Waals surface area contributed by atoms with Gasteiger partial charge in [-0.2, -0.15) is 5.26 Å². The lowest BCUT2D eigenvalue weighted by molar-refractivity contribution is -0.112. The van der Waals surface area contributed by atoms with Gasteiger partial charge in [-0.25, -0.2) is 0 Å². The summed E-state index contributed by atoms with van der Waals surface area (Å²) in [6, 6.07) is 21.0. The van der Waals surface area contributed by atoms with E-state index in [0.29, 0.717) is 28.6 Å². The van der Waals surface area contributed by atoms with Crippen LogP contribution >= 0.6 is 11.6 Å². The highest BCUT2D eigenvalue weighted by atomic mass is 35.5. The predicted molar refractivity (Wildman–Crippen MR) is 130 cm³/mol. The normalized spacial score (nSPS) is 11.0. The number of ether oxygens (including phenoxy) is 1. The number of nitrogens with one attached hydrogen (secondary N) is 1. The zero-order chi connectivity index (χ0) is 23.1. The molecule has 0 spiro atoms. The molecule has 3 rings (SSSR count). The Morgan fingerprint density at radius 1 is 1.09 bits per heavy atom. The van der Waals surface area contributed by atoms with Crippen molar-refractivity contribution in [3.8, 4) is 11.8 Å². The first-order valence-corrected chi connectivity index (χ1v) is 10.8. The van der Waals surface area contributed by atoms with Crippen LogP contribution in [0.25, 0.3) is 6.08 Å². The quantitative estimate of drug-likeness (QED) is 0.328. The number of carbonyl (C=O) groups excluding carboxylic acids is 1. The van der Waals surface area contributed by atoms with Crippen molar-refractivity contribution >= 4 is 29.3 Å². The molecular weight excluding hydrogens is 420 g/mol. The fraction of sp³-hybridized carbons (Fsp3) is 0.185. The molecule has 0 aliphatic rings. The highest BCUT2D eigenvalue weighted by Crippen LogP contribution is 2.28. The van der Waals surface area contributed by atoms with E-state index in [2.05, 4.69) is 23.5 Å². The molecule has 3 aromatic rings. The Kier molecular flexibility index (Phi) is 7.70. The van der Waals surface area contributed by atoms with Gasteiger partial charge >= 0.3 is 0 Å². The van der Waals surface area contributed by atoms with Gasteiger partial charge in [-0.3, -0.25) is 4.79 Å². The summed E-state index contributed by atoms with van der Waals surface area (Å²) < 4.78 is 5.87. The largest absolute Gasteiger partial charge is 0.487 e. The lowest BCUT2D eigenvalue weighted by Crippen LogP contribution is -2.14. The van der Waals surface area contributed by atoms with Gasteiger partial charge in [0.2, 0.25) is 0 Å². The van der Waals surface area contributed by atoms with E-state index in [9.17, 15) is 10.1 Å². The molecular formula is C27H25ClN2O2. The average Bonchev–Trinajstić information content (AvgIpc) is 2.76. The van der Waals surface area contributed by atoms with Crippen LogP contribution in [0.3, 0.4) is 0 Å². The lowest BCUT2D eigenvalue weighted by Gasteiger charge is -2.11. The predicted octanol–water partition coefficient (Wildman–Crippen LogP) is 6.64. The van der Waals surface area contributed by atoms with Crippen LogP contribution in [0.1, 0.15) is 34.7 Å². The van der Waals surface area contributed by atoms with Crippen LogP contribution in [0.2, 0.25) is 5.02 Å². The summed E-state index contributed by atoms with van der Waals surface area (Å²) in [5, 5.41) is 12.7. The third-order valence-electron chi connectivity index (χ3n) is 4.95. The summed E-state index contributed by atoms with van der Waals surface area (Å²) in [5.74, 6) is 0.0856. The smallest absolute Gasteiger partial charge is 0.266 e. The van der Waals surface area contributed by atoms with Crippen LogP contribution in [0.15, 0.2) is 66.2 Å². The van der Waals surface area contributed by atoms with Gasteiger partial charge in [0.25, 0.3) is 5.91 Å². The Morgan fingerprint density at radius 2 is 1.81 bits per heavy atom. The lowest BCUT2D eigenvalue weighted by atomic mass is 10.1. The molecule has 0 radical (unpaired) electrons. The highest BCUT2D eigenvalue weighted by molar-refractivity contribution is 6.32. The molecule has 0 aromatic heterocycles. The van der Waals surface area contributed by atoms with E-state index < -0.39 is 5.91 Å². The van der Waals surface area contributed by atoms with E-state index in [-0.39, 0.29) is 5.57 Å². The van der Waals surface area contributed by atoms with Gasteiger partial charge in [0.1, 0.15) is 24.0 Å². The zero-order valence-electron chi connectivity index (χ0n) is 18.4. The summed E-state index contributed by atoms with van der Waals surface area (Å²) >= 11 is 6.40. The maximum atomic E-state index is 12.6. The van der Waals surface area contributed by atoms with Gasteiger partial charge in [0, 0.05) is 5.69 Å². The molecule has 0 unspecified atom stereocenters. The number of nitriles is 1. The Bertz CT molecular complexity index is 1190. The average molecular weight is 445 g/mol. The molecule has 1 amide bonds. The molecule has 1 N–H and O–H groups in total. The Balaban J connectivity index is 1.73.